The summed E-state index contributed by atoms with van der Waals surface area (Å²) in [5.41, 5.74) is -1.24. The van der Waals surface area contributed by atoms with Crippen molar-refractivity contribution in [2.45, 2.75) is 46.5 Å². The second kappa shape index (κ2) is 10.2. The first kappa shape index (κ1) is 27.6. The monoisotopic (exact) mass is 553 g/mol. The summed E-state index contributed by atoms with van der Waals surface area (Å²) >= 11 is 6.08. The minimum absolute atomic E-state index is 0.0695. The van der Waals surface area contributed by atoms with Crippen LogP contribution >= 0.6 is 11.6 Å². The molecule has 36 heavy (non-hydrogen) atoms. The summed E-state index contributed by atoms with van der Waals surface area (Å²) in [4.78, 5) is 11.6. The number of hydrogen-bond donors (Lipinski definition) is 1. The van der Waals surface area contributed by atoms with E-state index in [1.165, 1.54) is 60.7 Å². The van der Waals surface area contributed by atoms with Gasteiger partial charge in [0.1, 0.15) is 11.6 Å². The Morgan fingerprint density at radius 3 is 1.72 bits per heavy atom. The Bertz CT molecular complexity index is 1370. The summed E-state index contributed by atoms with van der Waals surface area (Å²) in [6, 6.07) is 15.6. The molecule has 1 atom stereocenters. The first-order chi connectivity index (χ1) is 16.7. The maximum atomic E-state index is 17.5. The largest absolute Gasteiger partial charge is 0.444 e. The fourth-order valence-corrected chi connectivity index (χ4v) is 8.07. The maximum absolute atomic E-state index is 17.5. The third kappa shape index (κ3) is 5.40. The Morgan fingerprint density at radius 1 is 0.833 bits per heavy atom. The van der Waals surface area contributed by atoms with Gasteiger partial charge in [-0.25, -0.2) is 26.0 Å². The number of amides is 1. The van der Waals surface area contributed by atoms with E-state index in [0.29, 0.717) is 0 Å². The number of hydrogen-bond acceptors (Lipinski definition) is 6. The zero-order valence-corrected chi connectivity index (χ0v) is 22.1. The van der Waals surface area contributed by atoms with E-state index in [2.05, 4.69) is 5.32 Å². The van der Waals surface area contributed by atoms with Crippen LogP contribution in [0.4, 0.5) is 9.18 Å². The van der Waals surface area contributed by atoms with E-state index in [0.717, 1.165) is 24.3 Å². The molecule has 3 rings (SSSR count). The molecule has 0 spiro atoms. The van der Waals surface area contributed by atoms with Crippen molar-refractivity contribution in [3.8, 4) is 0 Å². The highest BCUT2D eigenvalue weighted by molar-refractivity contribution is 8.10. The van der Waals surface area contributed by atoms with Crippen molar-refractivity contribution < 1.29 is 30.8 Å². The standard InChI is InChI=1S/C25H25ClFNO6S2/c1-24(2,3)34-23(29)28-22(18-11-10-12-19(26)17-18)25(27,35(30,31)20-13-6-4-7-14-20)36(32,33)21-15-8-5-9-16-21/h4-17,22H,1-3H3,(H,28,29). The summed E-state index contributed by atoms with van der Waals surface area (Å²) in [6.45, 7) is 4.64. The van der Waals surface area contributed by atoms with E-state index in [-0.39, 0.29) is 10.6 Å². The van der Waals surface area contributed by atoms with Gasteiger partial charge in [0.2, 0.25) is 19.7 Å². The summed E-state index contributed by atoms with van der Waals surface area (Å²) in [5.74, 6) is 0. The summed E-state index contributed by atoms with van der Waals surface area (Å²) in [7, 11) is -10.6. The number of benzene rings is 3. The van der Waals surface area contributed by atoms with Crippen LogP contribution in [0.5, 0.6) is 0 Å². The average Bonchev–Trinajstić information content (AvgIpc) is 2.82. The van der Waals surface area contributed by atoms with Gasteiger partial charge in [0, 0.05) is 5.02 Å². The van der Waals surface area contributed by atoms with Gasteiger partial charge in [0.25, 0.3) is 0 Å². The molecule has 1 N–H and O–H groups in total. The normalized spacial score (nSPS) is 13.6. The van der Waals surface area contributed by atoms with E-state index in [4.69, 9.17) is 16.3 Å². The number of sulfone groups is 2. The lowest BCUT2D eigenvalue weighted by Crippen LogP contribution is -2.54. The van der Waals surface area contributed by atoms with Crippen molar-refractivity contribution in [2.75, 3.05) is 0 Å². The van der Waals surface area contributed by atoms with Gasteiger partial charge >= 0.3 is 10.4 Å². The molecule has 11 heteroatoms. The SMILES string of the molecule is CC(C)(C)OC(=O)NC(c1cccc(Cl)c1)C(F)(S(=O)(=O)c1ccccc1)S(=O)(=O)c1ccccc1. The molecule has 7 nitrogen and oxygen atoms in total. The molecule has 0 aliphatic carbocycles. The molecule has 0 radical (unpaired) electrons. The molecule has 0 aliphatic rings. The molecular weight excluding hydrogens is 529 g/mol. The van der Waals surface area contributed by atoms with Crippen molar-refractivity contribution in [3.05, 3.63) is 95.5 Å². The van der Waals surface area contributed by atoms with Gasteiger partial charge in [-0.1, -0.05) is 60.1 Å². The Hall–Kier alpha value is -2.95. The van der Waals surface area contributed by atoms with Gasteiger partial charge < -0.3 is 10.1 Å². The smallest absolute Gasteiger partial charge is 0.408 e. The van der Waals surface area contributed by atoms with Gasteiger partial charge in [-0.3, -0.25) is 0 Å². The summed E-state index contributed by atoms with van der Waals surface area (Å²) in [6.07, 6.45) is -1.22. The van der Waals surface area contributed by atoms with Gasteiger partial charge in [-0.05, 0) is 62.7 Å². The van der Waals surface area contributed by atoms with Crippen LogP contribution in [0.25, 0.3) is 0 Å². The zero-order chi connectivity index (χ0) is 26.8. The Balaban J connectivity index is 2.37. The molecule has 0 bridgehead atoms. The Morgan fingerprint density at radius 2 is 1.31 bits per heavy atom. The highest BCUT2D eigenvalue weighted by Crippen LogP contribution is 2.46. The Kier molecular flexibility index (Phi) is 7.83. The molecule has 1 amide bonds. The topological polar surface area (TPSA) is 107 Å². The first-order valence-electron chi connectivity index (χ1n) is 10.7. The lowest BCUT2D eigenvalue weighted by atomic mass is 10.1. The molecule has 0 aromatic heterocycles. The van der Waals surface area contributed by atoms with E-state index < -0.39 is 51.5 Å². The fraction of sp³-hybridized carbons (Fsp3) is 0.240. The lowest BCUT2D eigenvalue weighted by molar-refractivity contribution is 0.0481. The molecule has 0 saturated carbocycles. The van der Waals surface area contributed by atoms with E-state index in [1.807, 2.05) is 0 Å². The van der Waals surface area contributed by atoms with Crippen molar-refractivity contribution in [3.63, 3.8) is 0 Å². The highest BCUT2D eigenvalue weighted by Gasteiger charge is 2.64. The van der Waals surface area contributed by atoms with Crippen molar-refractivity contribution in [1.29, 1.82) is 0 Å². The predicted octanol–water partition coefficient (Wildman–Crippen LogP) is 5.48. The quantitative estimate of drug-likeness (QED) is 0.415. The number of carbonyl (C=O) groups is 1. The van der Waals surface area contributed by atoms with Crippen LogP contribution < -0.4 is 5.32 Å². The number of rotatable bonds is 7. The third-order valence-electron chi connectivity index (χ3n) is 5.03. The fourth-order valence-electron chi connectivity index (χ4n) is 3.46. The second-order valence-corrected chi connectivity index (χ2v) is 13.7. The summed E-state index contributed by atoms with van der Waals surface area (Å²) < 4.78 is 74.1. The Labute approximate surface area is 215 Å². The zero-order valence-electron chi connectivity index (χ0n) is 19.7. The minimum Gasteiger partial charge on any atom is -0.444 e. The molecule has 0 aliphatic heterocycles. The van der Waals surface area contributed by atoms with Crippen LogP contribution in [0.2, 0.25) is 5.02 Å². The predicted molar refractivity (Wildman–Crippen MR) is 135 cm³/mol. The second-order valence-electron chi connectivity index (χ2n) is 8.85. The molecule has 0 fully saturated rings. The van der Waals surface area contributed by atoms with Crippen molar-refractivity contribution in [1.82, 2.24) is 5.32 Å². The molecule has 1 unspecified atom stereocenters. The van der Waals surface area contributed by atoms with Gasteiger partial charge in [0.15, 0.2) is 0 Å². The molecule has 192 valence electrons. The molecule has 3 aromatic rings. The molecule has 0 saturated heterocycles. The van der Waals surface area contributed by atoms with Gasteiger partial charge in [-0.15, -0.1) is 0 Å². The van der Waals surface area contributed by atoms with E-state index in [9.17, 15) is 21.6 Å². The van der Waals surface area contributed by atoms with Crippen molar-refractivity contribution >= 4 is 37.4 Å². The van der Waals surface area contributed by atoms with Gasteiger partial charge in [-0.2, -0.15) is 0 Å². The number of halogens is 2. The molecule has 0 heterocycles. The molecule has 3 aromatic carbocycles. The number of ether oxygens (including phenoxy) is 1. The summed E-state index contributed by atoms with van der Waals surface area (Å²) in [5, 5.41) is 2.23. The number of carbonyl (C=O) groups excluding carboxylic acids is 1. The van der Waals surface area contributed by atoms with Gasteiger partial charge in [0.05, 0.1) is 9.79 Å². The number of alkyl halides is 1. The maximum Gasteiger partial charge on any atom is 0.408 e. The number of nitrogens with one attached hydrogen (secondary N) is 1. The van der Waals surface area contributed by atoms with Crippen LogP contribution in [0.1, 0.15) is 32.4 Å². The van der Waals surface area contributed by atoms with E-state index >= 15 is 4.39 Å². The van der Waals surface area contributed by atoms with Crippen molar-refractivity contribution in [2.24, 2.45) is 0 Å². The molecular formula is C25H25ClFNO6S2. The van der Waals surface area contributed by atoms with E-state index in [1.54, 1.807) is 20.8 Å². The first-order valence-corrected chi connectivity index (χ1v) is 14.1. The third-order valence-corrected chi connectivity index (χ3v) is 10.3. The average molecular weight is 554 g/mol. The van der Waals surface area contributed by atoms with Crippen LogP contribution in [-0.2, 0) is 24.4 Å². The van der Waals surface area contributed by atoms with Crippen LogP contribution in [0.15, 0.2) is 94.7 Å². The van der Waals surface area contributed by atoms with Crippen LogP contribution in [-0.4, -0.2) is 32.9 Å². The van der Waals surface area contributed by atoms with Crippen LogP contribution in [0.3, 0.4) is 0 Å². The highest BCUT2D eigenvalue weighted by atomic mass is 35.5. The lowest BCUT2D eigenvalue weighted by Gasteiger charge is -2.34. The minimum atomic E-state index is -5.32. The van der Waals surface area contributed by atoms with Crippen LogP contribution in [0, 0.1) is 0 Å². The number of alkyl carbamates (subject to hydrolysis) is 1.